The van der Waals surface area contributed by atoms with Gasteiger partial charge in [-0.25, -0.2) is 4.79 Å². The second-order valence-corrected chi connectivity index (χ2v) is 9.44. The van der Waals surface area contributed by atoms with Gasteiger partial charge in [0.25, 0.3) is 0 Å². The molecule has 1 N–H and O–H groups in total. The summed E-state index contributed by atoms with van der Waals surface area (Å²) in [6.07, 6.45) is 9.30. The average molecular weight is 470 g/mol. The molecule has 2 aromatic rings. The minimum Gasteiger partial charge on any atom is -0.444 e. The zero-order valence-electron chi connectivity index (χ0n) is 18.0. The second kappa shape index (κ2) is 9.09. The van der Waals surface area contributed by atoms with E-state index in [1.54, 1.807) is 0 Å². The van der Waals surface area contributed by atoms with Crippen molar-refractivity contribution in [2.75, 3.05) is 0 Å². The van der Waals surface area contributed by atoms with E-state index in [-0.39, 0.29) is 0 Å². The minimum atomic E-state index is -0.549. The largest absolute Gasteiger partial charge is 0.444 e. The molecule has 0 spiro atoms. The van der Waals surface area contributed by atoms with Crippen LogP contribution in [-0.4, -0.2) is 16.3 Å². The lowest BCUT2D eigenvalue weighted by Crippen LogP contribution is -2.31. The number of nitrogens with zero attached hydrogens (tertiary/aromatic N) is 2. The average Bonchev–Trinajstić information content (AvgIpc) is 2.90. The number of carbonyl (C=O) groups is 1. The fourth-order valence-electron chi connectivity index (χ4n) is 3.65. The van der Waals surface area contributed by atoms with Gasteiger partial charge in [0.15, 0.2) is 0 Å². The van der Waals surface area contributed by atoms with Crippen LogP contribution in [0.1, 0.15) is 64.3 Å². The van der Waals surface area contributed by atoms with Crippen molar-refractivity contribution in [3.05, 3.63) is 57.9 Å². The zero-order chi connectivity index (χ0) is 21.9. The molecule has 0 atom stereocenters. The van der Waals surface area contributed by atoms with Gasteiger partial charge in [-0.3, -0.25) is 5.32 Å². The van der Waals surface area contributed by atoms with Crippen LogP contribution in [0, 0.1) is 11.3 Å². The van der Waals surface area contributed by atoms with Gasteiger partial charge in [0, 0.05) is 33.7 Å². The summed E-state index contributed by atoms with van der Waals surface area (Å²) in [5, 5.41) is 13.6. The second-order valence-electron chi connectivity index (χ2n) is 8.53. The minimum absolute atomic E-state index is 0.438. The molecule has 5 nitrogen and oxygen atoms in total. The molecule has 30 heavy (non-hydrogen) atoms. The van der Waals surface area contributed by atoms with Crippen LogP contribution in [0.15, 0.2) is 46.6 Å². The first kappa shape index (κ1) is 22.2. The first-order chi connectivity index (χ1) is 14.2. The van der Waals surface area contributed by atoms with Gasteiger partial charge in [0.2, 0.25) is 0 Å². The van der Waals surface area contributed by atoms with E-state index >= 15 is 0 Å². The number of nitrogens with one attached hydrogen (secondary N) is 1. The normalized spacial score (nSPS) is 15.3. The fraction of sp³-hybridized carbons (Fsp3) is 0.417. The Morgan fingerprint density at radius 1 is 1.40 bits per heavy atom. The number of alkyl carbamates (subject to hydrolysis) is 1. The number of hydrogen-bond acceptors (Lipinski definition) is 3. The summed E-state index contributed by atoms with van der Waals surface area (Å²) < 4.78 is 8.67. The molecular formula is C24H28BrN3O2. The van der Waals surface area contributed by atoms with Crippen molar-refractivity contribution < 1.29 is 9.53 Å². The van der Waals surface area contributed by atoms with Gasteiger partial charge in [-0.2, -0.15) is 5.26 Å². The van der Waals surface area contributed by atoms with Crippen molar-refractivity contribution in [1.29, 1.82) is 5.26 Å². The Labute approximate surface area is 186 Å². The van der Waals surface area contributed by atoms with Crippen LogP contribution < -0.4 is 5.32 Å². The SMILES string of the molecule is C/C=C(\C=C/Cc1c(C#N)c2ccc(Br)cc2n1C1CCC1)NC(=O)OC(C)(C)C. The molecule has 0 saturated heterocycles. The number of carbonyl (C=O) groups excluding carboxylic acids is 1. The molecule has 0 bridgehead atoms. The van der Waals surface area contributed by atoms with Gasteiger partial charge in [-0.15, -0.1) is 0 Å². The molecule has 3 rings (SSSR count). The van der Waals surface area contributed by atoms with Crippen molar-refractivity contribution in [2.24, 2.45) is 0 Å². The smallest absolute Gasteiger partial charge is 0.412 e. The maximum absolute atomic E-state index is 12.0. The summed E-state index contributed by atoms with van der Waals surface area (Å²) in [5.41, 5.74) is 2.98. The van der Waals surface area contributed by atoms with Crippen LogP contribution in [0.5, 0.6) is 0 Å². The lowest BCUT2D eigenvalue weighted by atomic mass is 9.92. The molecule has 1 aliphatic rings. The Balaban J connectivity index is 1.86. The van der Waals surface area contributed by atoms with Crippen LogP contribution in [0.4, 0.5) is 4.79 Å². The third-order valence-corrected chi connectivity index (χ3v) is 5.68. The number of hydrogen-bond donors (Lipinski definition) is 1. The van der Waals surface area contributed by atoms with E-state index in [0.29, 0.717) is 18.2 Å². The number of fused-ring (bicyclic) bond motifs is 1. The van der Waals surface area contributed by atoms with Crippen molar-refractivity contribution in [3.63, 3.8) is 0 Å². The third kappa shape index (κ3) is 4.96. The van der Waals surface area contributed by atoms with E-state index in [1.165, 1.54) is 6.42 Å². The molecule has 1 amide bonds. The van der Waals surface area contributed by atoms with E-state index in [4.69, 9.17) is 4.74 Å². The van der Waals surface area contributed by atoms with Crippen LogP contribution in [0.2, 0.25) is 0 Å². The standard InChI is InChI=1S/C24H28BrN3O2/c1-5-17(27-23(29)30-24(2,3)4)8-6-11-21-20(15-26)19-13-12-16(25)14-22(19)28(21)18-9-7-10-18/h5-6,8,12-14,18H,7,9-11H2,1-4H3,(H,27,29)/b8-6-,17-5+. The topological polar surface area (TPSA) is 67.0 Å². The highest BCUT2D eigenvalue weighted by atomic mass is 79.9. The molecule has 158 valence electrons. The predicted octanol–water partition coefficient (Wildman–Crippen LogP) is 6.53. The first-order valence-corrected chi connectivity index (χ1v) is 11.1. The lowest BCUT2D eigenvalue weighted by molar-refractivity contribution is 0.0548. The summed E-state index contributed by atoms with van der Waals surface area (Å²) >= 11 is 3.57. The molecular weight excluding hydrogens is 442 g/mol. The number of rotatable bonds is 5. The number of ether oxygens (including phenoxy) is 1. The lowest BCUT2D eigenvalue weighted by Gasteiger charge is -2.30. The summed E-state index contributed by atoms with van der Waals surface area (Å²) in [6, 6.07) is 8.95. The van der Waals surface area contributed by atoms with Crippen molar-refractivity contribution in [2.45, 2.75) is 65.0 Å². The maximum Gasteiger partial charge on any atom is 0.412 e. The van der Waals surface area contributed by atoms with Gasteiger partial charge in [-0.05, 0) is 65.2 Å². The molecule has 1 aromatic carbocycles. The molecule has 1 aromatic heterocycles. The number of benzene rings is 1. The van der Waals surface area contributed by atoms with Crippen LogP contribution in [0.25, 0.3) is 10.9 Å². The molecule has 1 heterocycles. The van der Waals surface area contributed by atoms with Crippen LogP contribution in [-0.2, 0) is 11.2 Å². The molecule has 0 aliphatic heterocycles. The monoisotopic (exact) mass is 469 g/mol. The van der Waals surface area contributed by atoms with Gasteiger partial charge in [0.1, 0.15) is 11.7 Å². The van der Waals surface area contributed by atoms with Gasteiger partial charge < -0.3 is 9.30 Å². The molecule has 0 unspecified atom stereocenters. The number of aromatic nitrogens is 1. The quantitative estimate of drug-likeness (QED) is 0.506. The van der Waals surface area contributed by atoms with E-state index < -0.39 is 11.7 Å². The van der Waals surface area contributed by atoms with Crippen LogP contribution >= 0.6 is 15.9 Å². The Morgan fingerprint density at radius 3 is 2.70 bits per heavy atom. The van der Waals surface area contributed by atoms with Gasteiger partial charge >= 0.3 is 6.09 Å². The highest BCUT2D eigenvalue weighted by molar-refractivity contribution is 9.10. The Morgan fingerprint density at radius 2 is 2.13 bits per heavy atom. The van der Waals surface area contributed by atoms with Crippen molar-refractivity contribution >= 4 is 32.9 Å². The van der Waals surface area contributed by atoms with E-state index in [9.17, 15) is 10.1 Å². The highest BCUT2D eigenvalue weighted by Crippen LogP contribution is 2.39. The maximum atomic E-state index is 12.0. The Bertz CT molecular complexity index is 1050. The molecule has 0 radical (unpaired) electrons. The summed E-state index contributed by atoms with van der Waals surface area (Å²) in [7, 11) is 0. The summed E-state index contributed by atoms with van der Waals surface area (Å²) in [5.74, 6) is 0. The van der Waals surface area contributed by atoms with Crippen molar-refractivity contribution in [3.8, 4) is 6.07 Å². The van der Waals surface area contributed by atoms with Crippen molar-refractivity contribution in [1.82, 2.24) is 9.88 Å². The highest BCUT2D eigenvalue weighted by Gasteiger charge is 2.26. The number of allylic oxidation sites excluding steroid dienone is 3. The first-order valence-electron chi connectivity index (χ1n) is 10.3. The zero-order valence-corrected chi connectivity index (χ0v) is 19.5. The Kier molecular flexibility index (Phi) is 6.72. The number of halogens is 1. The fourth-order valence-corrected chi connectivity index (χ4v) is 4.00. The summed E-state index contributed by atoms with van der Waals surface area (Å²) in [6.45, 7) is 7.36. The molecule has 6 heteroatoms. The number of amides is 1. The van der Waals surface area contributed by atoms with E-state index in [2.05, 4.69) is 37.9 Å². The van der Waals surface area contributed by atoms with E-state index in [1.807, 2.05) is 58.1 Å². The van der Waals surface area contributed by atoms with Gasteiger partial charge in [-0.1, -0.05) is 34.1 Å². The molecule has 1 aliphatic carbocycles. The Hall–Kier alpha value is -2.52. The summed E-state index contributed by atoms with van der Waals surface area (Å²) in [4.78, 5) is 12.0. The predicted molar refractivity (Wildman–Crippen MR) is 123 cm³/mol. The van der Waals surface area contributed by atoms with Crippen LogP contribution in [0.3, 0.4) is 0 Å². The molecule has 1 fully saturated rings. The molecule has 1 saturated carbocycles. The third-order valence-electron chi connectivity index (χ3n) is 5.18. The number of nitriles is 1. The van der Waals surface area contributed by atoms with E-state index in [0.717, 1.165) is 39.5 Å². The van der Waals surface area contributed by atoms with Gasteiger partial charge in [0.05, 0.1) is 11.1 Å².